The lowest BCUT2D eigenvalue weighted by Crippen LogP contribution is -2.49. The van der Waals surface area contributed by atoms with Crippen LogP contribution in [0.5, 0.6) is 11.5 Å². The molecule has 2 amide bonds. The van der Waals surface area contributed by atoms with E-state index in [1.165, 1.54) is 31.4 Å². The third-order valence-corrected chi connectivity index (χ3v) is 3.69. The number of hydrazine groups is 1. The Bertz CT molecular complexity index is 979. The first kappa shape index (κ1) is 22.3. The molecule has 0 heterocycles. The molecule has 0 aliphatic rings. The molecule has 11 heteroatoms. The lowest BCUT2D eigenvalue weighted by molar-refractivity contribution is -0.384. The quantitative estimate of drug-likeness (QED) is 0.262. The lowest BCUT2D eigenvalue weighted by Gasteiger charge is -2.12. The molecule has 0 aliphatic heterocycles. The van der Waals surface area contributed by atoms with Gasteiger partial charge in [0, 0.05) is 18.2 Å². The van der Waals surface area contributed by atoms with Gasteiger partial charge >= 0.3 is 0 Å². The summed E-state index contributed by atoms with van der Waals surface area (Å²) in [6.45, 7) is -0.309. The summed E-state index contributed by atoms with van der Waals surface area (Å²) < 4.78 is 10.5. The highest BCUT2D eigenvalue weighted by Crippen LogP contribution is 2.25. The van der Waals surface area contributed by atoms with E-state index < -0.39 is 16.7 Å². The van der Waals surface area contributed by atoms with Crippen molar-refractivity contribution < 1.29 is 24.0 Å². The first-order valence-corrected chi connectivity index (χ1v) is 8.88. The number of nitrogens with zero attached hydrogens (tertiary/aromatic N) is 1. The number of thiocarbonyl (C=S) groups is 1. The first-order valence-electron chi connectivity index (χ1n) is 8.47. The van der Waals surface area contributed by atoms with Gasteiger partial charge in [0.1, 0.15) is 0 Å². The molecule has 3 N–H and O–H groups in total. The van der Waals surface area contributed by atoms with Gasteiger partial charge in [-0.1, -0.05) is 24.3 Å². The van der Waals surface area contributed by atoms with Crippen molar-refractivity contribution in [2.45, 2.75) is 0 Å². The van der Waals surface area contributed by atoms with E-state index in [9.17, 15) is 19.7 Å². The number of amides is 2. The van der Waals surface area contributed by atoms with Gasteiger partial charge in [0.15, 0.2) is 23.2 Å². The van der Waals surface area contributed by atoms with Crippen LogP contribution in [0.25, 0.3) is 6.08 Å². The van der Waals surface area contributed by atoms with E-state index >= 15 is 0 Å². The molecule has 0 atom stereocenters. The number of rotatable bonds is 7. The first-order chi connectivity index (χ1) is 14.4. The Balaban J connectivity index is 1.75. The number of benzene rings is 2. The fraction of sp³-hybridized carbons (Fsp3) is 0.105. The standard InChI is InChI=1S/C19H18N4O6S/c1-28-15-7-2-3-8-16(15)29-12-18(25)21-22-19(30)20-17(24)10-9-13-5-4-6-14(11-13)23(26)27/h2-11H,12H2,1H3,(H,21,25)(H2,20,22,24,30)/b10-9+. The van der Waals surface area contributed by atoms with Gasteiger partial charge < -0.3 is 9.47 Å². The van der Waals surface area contributed by atoms with Crippen LogP contribution in [-0.4, -0.2) is 35.6 Å². The van der Waals surface area contributed by atoms with Crippen molar-refractivity contribution in [3.63, 3.8) is 0 Å². The molecule has 30 heavy (non-hydrogen) atoms. The second kappa shape index (κ2) is 11.1. The van der Waals surface area contributed by atoms with Crippen molar-refractivity contribution in [3.05, 3.63) is 70.3 Å². The summed E-state index contributed by atoms with van der Waals surface area (Å²) in [4.78, 5) is 33.9. The molecule has 0 radical (unpaired) electrons. The number of ether oxygens (including phenoxy) is 2. The van der Waals surface area contributed by atoms with Crippen LogP contribution in [0.4, 0.5) is 5.69 Å². The Kier molecular flexibility index (Phi) is 8.27. The van der Waals surface area contributed by atoms with Gasteiger partial charge in [-0.2, -0.15) is 0 Å². The SMILES string of the molecule is COc1ccccc1OCC(=O)NNC(=S)NC(=O)/C=C/c1cccc([N+](=O)[O-])c1. The summed E-state index contributed by atoms with van der Waals surface area (Å²) in [5.41, 5.74) is 5.03. The molecule has 0 fully saturated rings. The highest BCUT2D eigenvalue weighted by molar-refractivity contribution is 7.80. The second-order valence-electron chi connectivity index (χ2n) is 5.62. The smallest absolute Gasteiger partial charge is 0.276 e. The van der Waals surface area contributed by atoms with Crippen LogP contribution in [0.3, 0.4) is 0 Å². The van der Waals surface area contributed by atoms with E-state index in [-0.39, 0.29) is 17.4 Å². The number of carbonyl (C=O) groups is 2. The molecule has 0 saturated heterocycles. The third kappa shape index (κ3) is 7.20. The third-order valence-electron chi connectivity index (χ3n) is 3.49. The maximum atomic E-state index is 11.9. The maximum absolute atomic E-state index is 11.9. The number of nitrogens with one attached hydrogen (secondary N) is 3. The molecule has 0 unspecified atom stereocenters. The second-order valence-corrected chi connectivity index (χ2v) is 6.02. The molecular weight excluding hydrogens is 412 g/mol. The predicted octanol–water partition coefficient (Wildman–Crippen LogP) is 1.72. The molecule has 0 bridgehead atoms. The summed E-state index contributed by atoms with van der Waals surface area (Å²) in [5.74, 6) is -0.239. The molecule has 10 nitrogen and oxygen atoms in total. The molecule has 0 aromatic heterocycles. The zero-order valence-corrected chi connectivity index (χ0v) is 16.6. The normalized spacial score (nSPS) is 10.2. The fourth-order valence-electron chi connectivity index (χ4n) is 2.14. The average molecular weight is 430 g/mol. The zero-order chi connectivity index (χ0) is 21.9. The van der Waals surface area contributed by atoms with Crippen molar-refractivity contribution >= 4 is 40.9 Å². The molecule has 2 aromatic carbocycles. The van der Waals surface area contributed by atoms with Gasteiger partial charge in [-0.25, -0.2) is 0 Å². The molecular formula is C19H18N4O6S. The number of nitro benzene ring substituents is 1. The van der Waals surface area contributed by atoms with Crippen LogP contribution in [0.1, 0.15) is 5.56 Å². The summed E-state index contributed by atoms with van der Waals surface area (Å²) in [5, 5.41) is 12.9. The highest BCUT2D eigenvalue weighted by atomic mass is 32.1. The molecule has 2 rings (SSSR count). The number of nitro groups is 1. The average Bonchev–Trinajstić information content (AvgIpc) is 2.75. The number of methoxy groups -OCH3 is 1. The summed E-state index contributed by atoms with van der Waals surface area (Å²) in [7, 11) is 1.48. The number of non-ortho nitro benzene ring substituents is 1. The van der Waals surface area contributed by atoms with Crippen LogP contribution in [0.15, 0.2) is 54.6 Å². The van der Waals surface area contributed by atoms with E-state index in [0.717, 1.165) is 6.08 Å². The van der Waals surface area contributed by atoms with Crippen molar-refractivity contribution in [1.29, 1.82) is 0 Å². The Morgan fingerprint density at radius 2 is 1.87 bits per heavy atom. The lowest BCUT2D eigenvalue weighted by atomic mass is 10.2. The number of hydrogen-bond acceptors (Lipinski definition) is 7. The summed E-state index contributed by atoms with van der Waals surface area (Å²) in [6.07, 6.45) is 2.55. The Hall–Kier alpha value is -3.99. The Morgan fingerprint density at radius 3 is 2.57 bits per heavy atom. The minimum absolute atomic E-state index is 0.0900. The number of hydrogen-bond donors (Lipinski definition) is 3. The molecule has 2 aromatic rings. The number of para-hydroxylation sites is 2. The van der Waals surface area contributed by atoms with Crippen LogP contribution < -0.4 is 25.6 Å². The van der Waals surface area contributed by atoms with Crippen molar-refractivity contribution in [2.75, 3.05) is 13.7 Å². The highest BCUT2D eigenvalue weighted by Gasteiger charge is 2.08. The van der Waals surface area contributed by atoms with Gasteiger partial charge in [-0.3, -0.25) is 35.9 Å². The van der Waals surface area contributed by atoms with E-state index in [1.54, 1.807) is 30.3 Å². The molecule has 156 valence electrons. The van der Waals surface area contributed by atoms with Gasteiger partial charge in [-0.05, 0) is 36.0 Å². The van der Waals surface area contributed by atoms with Crippen LogP contribution in [0.2, 0.25) is 0 Å². The summed E-state index contributed by atoms with van der Waals surface area (Å²) in [6, 6.07) is 12.6. The van der Waals surface area contributed by atoms with Gasteiger partial charge in [0.25, 0.3) is 11.6 Å². The van der Waals surface area contributed by atoms with Crippen molar-refractivity contribution in [1.82, 2.24) is 16.2 Å². The van der Waals surface area contributed by atoms with Crippen LogP contribution in [0, 0.1) is 10.1 Å². The van der Waals surface area contributed by atoms with Crippen molar-refractivity contribution in [2.24, 2.45) is 0 Å². The van der Waals surface area contributed by atoms with Crippen molar-refractivity contribution in [3.8, 4) is 11.5 Å². The molecule has 0 saturated carbocycles. The van der Waals surface area contributed by atoms with E-state index in [1.807, 2.05) is 0 Å². The van der Waals surface area contributed by atoms with E-state index in [2.05, 4.69) is 16.2 Å². The molecule has 0 spiro atoms. The fourth-order valence-corrected chi connectivity index (χ4v) is 2.29. The maximum Gasteiger partial charge on any atom is 0.276 e. The Labute approximate surface area is 177 Å². The van der Waals surface area contributed by atoms with E-state index in [0.29, 0.717) is 17.1 Å². The largest absolute Gasteiger partial charge is 0.493 e. The Morgan fingerprint density at radius 1 is 1.13 bits per heavy atom. The topological polar surface area (TPSA) is 132 Å². The van der Waals surface area contributed by atoms with Gasteiger partial charge in [-0.15, -0.1) is 0 Å². The molecule has 0 aliphatic carbocycles. The minimum Gasteiger partial charge on any atom is -0.493 e. The summed E-state index contributed by atoms with van der Waals surface area (Å²) >= 11 is 4.91. The zero-order valence-electron chi connectivity index (χ0n) is 15.8. The minimum atomic E-state index is -0.585. The monoisotopic (exact) mass is 430 g/mol. The van der Waals surface area contributed by atoms with Gasteiger partial charge in [0.2, 0.25) is 5.91 Å². The van der Waals surface area contributed by atoms with Gasteiger partial charge in [0.05, 0.1) is 12.0 Å². The number of carbonyl (C=O) groups excluding carboxylic acids is 2. The van der Waals surface area contributed by atoms with E-state index in [4.69, 9.17) is 21.7 Å². The van der Waals surface area contributed by atoms with Crippen LogP contribution in [-0.2, 0) is 9.59 Å². The van der Waals surface area contributed by atoms with Crippen LogP contribution >= 0.6 is 12.2 Å². The predicted molar refractivity (Wildman–Crippen MR) is 113 cm³/mol.